The molecule has 1 aromatic heterocycles. The van der Waals surface area contributed by atoms with E-state index in [0.29, 0.717) is 13.1 Å². The lowest BCUT2D eigenvalue weighted by Gasteiger charge is -2.19. The predicted molar refractivity (Wildman–Crippen MR) is 61.5 cm³/mol. The number of alkyl halides is 3. The highest BCUT2D eigenvalue weighted by atomic mass is 79.9. The van der Waals surface area contributed by atoms with Crippen molar-refractivity contribution in [3.05, 3.63) is 16.4 Å². The molecule has 0 bridgehead atoms. The molecule has 0 fully saturated rings. The molecule has 0 aromatic carbocycles. The van der Waals surface area contributed by atoms with Gasteiger partial charge >= 0.3 is 6.18 Å². The molecule has 8 heteroatoms. The Bertz CT molecular complexity index is 375. The van der Waals surface area contributed by atoms with Gasteiger partial charge in [0.2, 0.25) is 0 Å². The highest BCUT2D eigenvalue weighted by molar-refractivity contribution is 9.10. The van der Waals surface area contributed by atoms with Crippen molar-refractivity contribution >= 4 is 15.9 Å². The third kappa shape index (κ3) is 3.68. The van der Waals surface area contributed by atoms with Crippen LogP contribution in [0.25, 0.3) is 0 Å². The fourth-order valence-corrected chi connectivity index (χ4v) is 1.85. The highest BCUT2D eigenvalue weighted by Gasteiger charge is 2.41. The van der Waals surface area contributed by atoms with Crippen LogP contribution in [-0.4, -0.2) is 41.5 Å². The lowest BCUT2D eigenvalue weighted by Crippen LogP contribution is -2.32. The molecule has 1 atom stereocenters. The first-order valence-corrected chi connectivity index (χ1v) is 5.71. The van der Waals surface area contributed by atoms with Crippen LogP contribution in [0.2, 0.25) is 0 Å². The minimum absolute atomic E-state index is 0.0423. The number of nitrogens with two attached hydrogens (primary N) is 1. The van der Waals surface area contributed by atoms with E-state index in [-0.39, 0.29) is 10.2 Å². The van der Waals surface area contributed by atoms with Crippen molar-refractivity contribution in [1.82, 2.24) is 14.7 Å². The zero-order valence-electron chi connectivity index (χ0n) is 9.50. The second-order valence-corrected chi connectivity index (χ2v) is 4.78. The number of halogens is 4. The maximum Gasteiger partial charge on any atom is 0.409 e. The number of aromatic nitrogens is 2. The van der Waals surface area contributed by atoms with E-state index in [2.05, 4.69) is 21.0 Å². The van der Waals surface area contributed by atoms with E-state index < -0.39 is 12.2 Å². The third-order valence-electron chi connectivity index (χ3n) is 2.24. The summed E-state index contributed by atoms with van der Waals surface area (Å²) in [6, 6.07) is -2.03. The van der Waals surface area contributed by atoms with Gasteiger partial charge in [-0.15, -0.1) is 0 Å². The lowest BCUT2D eigenvalue weighted by molar-refractivity contribution is -0.150. The average molecular weight is 315 g/mol. The van der Waals surface area contributed by atoms with Crippen LogP contribution in [0.15, 0.2) is 10.7 Å². The molecule has 0 amide bonds. The van der Waals surface area contributed by atoms with Crippen molar-refractivity contribution in [2.45, 2.75) is 18.8 Å². The molecule has 98 valence electrons. The molecule has 0 saturated heterocycles. The van der Waals surface area contributed by atoms with E-state index in [1.807, 2.05) is 19.0 Å². The van der Waals surface area contributed by atoms with Crippen LogP contribution < -0.4 is 5.73 Å². The van der Waals surface area contributed by atoms with Crippen LogP contribution in [0.1, 0.15) is 11.7 Å². The van der Waals surface area contributed by atoms with Gasteiger partial charge in [-0.05, 0) is 30.0 Å². The number of likely N-dealkylation sites (N-methyl/N-ethyl adjacent to an activating group) is 1. The number of hydrogen-bond donors (Lipinski definition) is 1. The molecule has 1 aromatic rings. The highest BCUT2D eigenvalue weighted by Crippen LogP contribution is 2.34. The molecular weight excluding hydrogens is 301 g/mol. The first kappa shape index (κ1) is 14.5. The molecule has 4 nitrogen and oxygen atoms in total. The van der Waals surface area contributed by atoms with Gasteiger partial charge in [0.1, 0.15) is 6.04 Å². The van der Waals surface area contributed by atoms with Crippen molar-refractivity contribution in [3.63, 3.8) is 0 Å². The molecule has 1 heterocycles. The Hall–Kier alpha value is -0.600. The summed E-state index contributed by atoms with van der Waals surface area (Å²) in [4.78, 5) is 1.86. The van der Waals surface area contributed by atoms with Crippen molar-refractivity contribution in [2.24, 2.45) is 5.73 Å². The fraction of sp³-hybridized carbons (Fsp3) is 0.667. The Morgan fingerprint density at radius 2 is 2.12 bits per heavy atom. The third-order valence-corrected chi connectivity index (χ3v) is 2.85. The number of nitrogens with zero attached hydrogens (tertiary/aromatic N) is 3. The first-order chi connectivity index (χ1) is 7.73. The normalized spacial score (nSPS) is 14.4. The topological polar surface area (TPSA) is 47.1 Å². The molecule has 1 unspecified atom stereocenters. The molecule has 2 N–H and O–H groups in total. The Labute approximate surface area is 106 Å². The summed E-state index contributed by atoms with van der Waals surface area (Å²) < 4.78 is 39.3. The standard InChI is InChI=1S/C9H14BrF3N4/c1-16(2)3-4-17-7(6(10)5-15-17)8(14)9(11,12)13/h5,8H,3-4,14H2,1-2H3. The number of hydrogen-bond acceptors (Lipinski definition) is 3. The molecule has 0 aliphatic rings. The van der Waals surface area contributed by atoms with Crippen molar-refractivity contribution in [1.29, 1.82) is 0 Å². The van der Waals surface area contributed by atoms with E-state index in [1.165, 1.54) is 10.9 Å². The van der Waals surface area contributed by atoms with Crippen LogP contribution in [0.4, 0.5) is 13.2 Å². The van der Waals surface area contributed by atoms with E-state index in [4.69, 9.17) is 5.73 Å². The van der Waals surface area contributed by atoms with Crippen LogP contribution in [0.5, 0.6) is 0 Å². The van der Waals surface area contributed by atoms with Gasteiger partial charge < -0.3 is 10.6 Å². The van der Waals surface area contributed by atoms with E-state index >= 15 is 0 Å². The van der Waals surface area contributed by atoms with Gasteiger partial charge in [-0.3, -0.25) is 4.68 Å². The second kappa shape index (κ2) is 5.36. The smallest absolute Gasteiger partial charge is 0.315 e. The Balaban J connectivity index is 2.94. The fourth-order valence-electron chi connectivity index (χ4n) is 1.31. The number of rotatable bonds is 4. The SMILES string of the molecule is CN(C)CCn1ncc(Br)c1C(N)C(F)(F)F. The molecule has 0 spiro atoms. The quantitative estimate of drug-likeness (QED) is 0.921. The predicted octanol–water partition coefficient (Wildman–Crippen LogP) is 1.77. The summed E-state index contributed by atoms with van der Waals surface area (Å²) in [5, 5.41) is 3.89. The van der Waals surface area contributed by atoms with Gasteiger partial charge in [0.25, 0.3) is 0 Å². The Morgan fingerprint density at radius 1 is 1.53 bits per heavy atom. The second-order valence-electron chi connectivity index (χ2n) is 3.92. The van der Waals surface area contributed by atoms with Crippen LogP contribution in [0.3, 0.4) is 0 Å². The lowest BCUT2D eigenvalue weighted by atomic mass is 10.2. The molecular formula is C9H14BrF3N4. The van der Waals surface area contributed by atoms with Gasteiger partial charge in [-0.2, -0.15) is 18.3 Å². The molecule has 17 heavy (non-hydrogen) atoms. The Morgan fingerprint density at radius 3 is 2.59 bits per heavy atom. The Kier molecular flexibility index (Phi) is 4.56. The minimum Gasteiger partial charge on any atom is -0.315 e. The molecule has 1 rings (SSSR count). The molecule has 0 radical (unpaired) electrons. The van der Waals surface area contributed by atoms with Crippen LogP contribution >= 0.6 is 15.9 Å². The zero-order chi connectivity index (χ0) is 13.2. The summed E-state index contributed by atoms with van der Waals surface area (Å²) in [6.07, 6.45) is -3.14. The summed E-state index contributed by atoms with van der Waals surface area (Å²) in [6.45, 7) is 0.948. The van der Waals surface area contributed by atoms with Gasteiger partial charge in [0.05, 0.1) is 22.9 Å². The minimum atomic E-state index is -4.47. The van der Waals surface area contributed by atoms with Gasteiger partial charge in [-0.25, -0.2) is 0 Å². The average Bonchev–Trinajstić information content (AvgIpc) is 2.54. The van der Waals surface area contributed by atoms with Gasteiger partial charge in [0.15, 0.2) is 0 Å². The van der Waals surface area contributed by atoms with Crippen molar-refractivity contribution < 1.29 is 13.2 Å². The van der Waals surface area contributed by atoms with Gasteiger partial charge in [0, 0.05) is 6.54 Å². The van der Waals surface area contributed by atoms with Crippen LogP contribution in [-0.2, 0) is 6.54 Å². The zero-order valence-corrected chi connectivity index (χ0v) is 11.1. The summed E-state index contributed by atoms with van der Waals surface area (Å²) in [7, 11) is 3.67. The van der Waals surface area contributed by atoms with E-state index in [0.717, 1.165) is 0 Å². The molecule has 0 aliphatic heterocycles. The maximum absolute atomic E-state index is 12.6. The van der Waals surface area contributed by atoms with Crippen molar-refractivity contribution in [2.75, 3.05) is 20.6 Å². The summed E-state index contributed by atoms with van der Waals surface area (Å²) in [5.74, 6) is 0. The first-order valence-electron chi connectivity index (χ1n) is 4.91. The van der Waals surface area contributed by atoms with E-state index in [1.54, 1.807) is 0 Å². The largest absolute Gasteiger partial charge is 0.409 e. The monoisotopic (exact) mass is 314 g/mol. The maximum atomic E-state index is 12.6. The van der Waals surface area contributed by atoms with E-state index in [9.17, 15) is 13.2 Å². The molecule has 0 aliphatic carbocycles. The summed E-state index contributed by atoms with van der Waals surface area (Å²) >= 11 is 3.04. The van der Waals surface area contributed by atoms with Crippen molar-refractivity contribution in [3.8, 4) is 0 Å². The van der Waals surface area contributed by atoms with Crippen LogP contribution in [0, 0.1) is 0 Å². The summed E-state index contributed by atoms with van der Waals surface area (Å²) in [5.41, 5.74) is 5.15. The van der Waals surface area contributed by atoms with Gasteiger partial charge in [-0.1, -0.05) is 0 Å². The molecule has 0 saturated carbocycles.